The Balaban J connectivity index is 3.02. The highest BCUT2D eigenvalue weighted by molar-refractivity contribution is 14.1. The molecule has 0 unspecified atom stereocenters. The van der Waals surface area contributed by atoms with Gasteiger partial charge in [-0.15, -0.1) is 0 Å². The van der Waals surface area contributed by atoms with Gasteiger partial charge in [-0.2, -0.15) is 5.26 Å². The van der Waals surface area contributed by atoms with Crippen molar-refractivity contribution < 1.29 is 9.53 Å². The van der Waals surface area contributed by atoms with Gasteiger partial charge in [-0.25, -0.2) is 0 Å². The van der Waals surface area contributed by atoms with Gasteiger partial charge in [0.15, 0.2) is 0 Å². The van der Waals surface area contributed by atoms with Crippen LogP contribution in [0, 0.1) is 14.9 Å². The van der Waals surface area contributed by atoms with Crippen LogP contribution in [-0.2, 0) is 16.0 Å². The van der Waals surface area contributed by atoms with Crippen LogP contribution in [0.4, 0.5) is 0 Å². The Morgan fingerprint density at radius 1 is 1.62 bits per heavy atom. The lowest BCUT2D eigenvalue weighted by atomic mass is 10.1. The first-order valence-electron chi connectivity index (χ1n) is 4.62. The number of carbonyl (C=O) groups excluding carboxylic acids is 1. The standard InChI is InChI=1S/C11H9BrINO2/c1-2-16-10(15)5-7-3-4-9(13)11(12)8(7)6-14/h3-4H,2,5H2,1H3. The number of nitrogens with zero attached hydrogens (tertiary/aromatic N) is 1. The monoisotopic (exact) mass is 393 g/mol. The van der Waals surface area contributed by atoms with Crippen LogP contribution in [-0.4, -0.2) is 12.6 Å². The number of hydrogen-bond donors (Lipinski definition) is 0. The van der Waals surface area contributed by atoms with Crippen LogP contribution in [0.3, 0.4) is 0 Å². The summed E-state index contributed by atoms with van der Waals surface area (Å²) in [5, 5.41) is 9.03. The van der Waals surface area contributed by atoms with E-state index in [2.05, 4.69) is 44.6 Å². The van der Waals surface area contributed by atoms with Gasteiger partial charge >= 0.3 is 5.97 Å². The predicted octanol–water partition coefficient (Wildman–Crippen LogP) is 3.03. The average molecular weight is 394 g/mol. The number of halogens is 2. The van der Waals surface area contributed by atoms with E-state index in [0.29, 0.717) is 17.7 Å². The van der Waals surface area contributed by atoms with Crippen LogP contribution in [0.15, 0.2) is 16.6 Å². The molecule has 5 heteroatoms. The molecule has 0 bridgehead atoms. The third-order valence-corrected chi connectivity index (χ3v) is 4.40. The van der Waals surface area contributed by atoms with Crippen molar-refractivity contribution in [2.24, 2.45) is 0 Å². The second-order valence-electron chi connectivity index (χ2n) is 2.99. The molecule has 0 aliphatic heterocycles. The van der Waals surface area contributed by atoms with Crippen molar-refractivity contribution in [3.8, 4) is 6.07 Å². The molecule has 16 heavy (non-hydrogen) atoms. The first-order valence-corrected chi connectivity index (χ1v) is 6.50. The first-order chi connectivity index (χ1) is 7.60. The number of carbonyl (C=O) groups is 1. The van der Waals surface area contributed by atoms with E-state index in [9.17, 15) is 4.79 Å². The lowest BCUT2D eigenvalue weighted by Gasteiger charge is -2.06. The van der Waals surface area contributed by atoms with Gasteiger partial charge < -0.3 is 4.74 Å². The van der Waals surface area contributed by atoms with Crippen LogP contribution in [0.2, 0.25) is 0 Å². The zero-order chi connectivity index (χ0) is 12.1. The van der Waals surface area contributed by atoms with Gasteiger partial charge in [0.05, 0.1) is 18.6 Å². The van der Waals surface area contributed by atoms with E-state index < -0.39 is 0 Å². The molecule has 0 aliphatic carbocycles. The molecule has 1 aromatic rings. The van der Waals surface area contributed by atoms with Crippen molar-refractivity contribution in [1.82, 2.24) is 0 Å². The van der Waals surface area contributed by atoms with Gasteiger partial charge in [0.2, 0.25) is 0 Å². The lowest BCUT2D eigenvalue weighted by molar-refractivity contribution is -0.142. The molecule has 0 radical (unpaired) electrons. The smallest absolute Gasteiger partial charge is 0.310 e. The highest BCUT2D eigenvalue weighted by Crippen LogP contribution is 2.26. The van der Waals surface area contributed by atoms with E-state index in [1.165, 1.54) is 0 Å². The van der Waals surface area contributed by atoms with E-state index in [0.717, 1.165) is 8.04 Å². The molecule has 0 spiro atoms. The highest BCUT2D eigenvalue weighted by atomic mass is 127. The maximum atomic E-state index is 11.3. The Morgan fingerprint density at radius 3 is 2.88 bits per heavy atom. The van der Waals surface area contributed by atoms with E-state index in [1.54, 1.807) is 13.0 Å². The predicted molar refractivity (Wildman–Crippen MR) is 71.9 cm³/mol. The number of hydrogen-bond acceptors (Lipinski definition) is 3. The molecule has 0 heterocycles. The topological polar surface area (TPSA) is 50.1 Å². The summed E-state index contributed by atoms with van der Waals surface area (Å²) in [5.74, 6) is -0.313. The minimum atomic E-state index is -0.313. The van der Waals surface area contributed by atoms with Gasteiger partial charge in [-0.3, -0.25) is 4.79 Å². The summed E-state index contributed by atoms with van der Waals surface area (Å²) < 4.78 is 6.53. The number of rotatable bonds is 3. The molecular weight excluding hydrogens is 385 g/mol. The Kier molecular flexibility index (Phi) is 5.22. The summed E-state index contributed by atoms with van der Waals surface area (Å²) in [5.41, 5.74) is 1.19. The number of ether oxygens (including phenoxy) is 1. The minimum Gasteiger partial charge on any atom is -0.466 e. The lowest BCUT2D eigenvalue weighted by Crippen LogP contribution is -2.09. The summed E-state index contributed by atoms with van der Waals surface area (Å²) in [4.78, 5) is 11.3. The van der Waals surface area contributed by atoms with Crippen molar-refractivity contribution in [2.75, 3.05) is 6.61 Å². The van der Waals surface area contributed by atoms with Crippen LogP contribution < -0.4 is 0 Å². The van der Waals surface area contributed by atoms with Crippen molar-refractivity contribution >= 4 is 44.5 Å². The molecule has 84 valence electrons. The van der Waals surface area contributed by atoms with E-state index in [4.69, 9.17) is 10.00 Å². The Morgan fingerprint density at radius 2 is 2.31 bits per heavy atom. The minimum absolute atomic E-state index is 0.131. The Labute approximate surface area is 116 Å². The molecule has 0 N–H and O–H groups in total. The molecule has 3 nitrogen and oxygen atoms in total. The fraction of sp³-hybridized carbons (Fsp3) is 0.273. The third-order valence-electron chi connectivity index (χ3n) is 1.93. The fourth-order valence-electron chi connectivity index (χ4n) is 1.23. The largest absolute Gasteiger partial charge is 0.466 e. The number of nitriles is 1. The molecule has 0 amide bonds. The van der Waals surface area contributed by atoms with Crippen molar-refractivity contribution in [3.05, 3.63) is 31.3 Å². The van der Waals surface area contributed by atoms with E-state index >= 15 is 0 Å². The van der Waals surface area contributed by atoms with Gasteiger partial charge in [0.25, 0.3) is 0 Å². The zero-order valence-electron chi connectivity index (χ0n) is 8.59. The average Bonchev–Trinajstić information content (AvgIpc) is 2.24. The summed E-state index contributed by atoms with van der Waals surface area (Å²) in [6.07, 6.45) is 0.131. The van der Waals surface area contributed by atoms with Gasteiger partial charge in [0.1, 0.15) is 6.07 Å². The maximum absolute atomic E-state index is 11.3. The van der Waals surface area contributed by atoms with Crippen molar-refractivity contribution in [2.45, 2.75) is 13.3 Å². The second kappa shape index (κ2) is 6.21. The van der Waals surface area contributed by atoms with Gasteiger partial charge in [-0.1, -0.05) is 6.07 Å². The zero-order valence-corrected chi connectivity index (χ0v) is 12.3. The maximum Gasteiger partial charge on any atom is 0.310 e. The molecule has 1 rings (SSSR count). The van der Waals surface area contributed by atoms with Crippen molar-refractivity contribution in [1.29, 1.82) is 5.26 Å². The Bertz CT molecular complexity index is 454. The van der Waals surface area contributed by atoms with Crippen molar-refractivity contribution in [3.63, 3.8) is 0 Å². The molecule has 0 aromatic heterocycles. The molecule has 0 saturated carbocycles. The SMILES string of the molecule is CCOC(=O)Cc1ccc(I)c(Br)c1C#N. The molecule has 1 aromatic carbocycles. The molecule has 0 aliphatic rings. The quantitative estimate of drug-likeness (QED) is 0.585. The molecule has 0 fully saturated rings. The van der Waals surface area contributed by atoms with Gasteiger partial charge in [0, 0.05) is 8.04 Å². The normalized spacial score (nSPS) is 9.62. The van der Waals surface area contributed by atoms with E-state index in [1.807, 2.05) is 6.07 Å². The summed E-state index contributed by atoms with van der Waals surface area (Å²) >= 11 is 5.46. The summed E-state index contributed by atoms with van der Waals surface area (Å²) in [6.45, 7) is 2.11. The van der Waals surface area contributed by atoms with Crippen LogP contribution in [0.25, 0.3) is 0 Å². The second-order valence-corrected chi connectivity index (χ2v) is 4.94. The fourth-order valence-corrected chi connectivity index (χ4v) is 2.15. The van der Waals surface area contributed by atoms with Crippen LogP contribution >= 0.6 is 38.5 Å². The summed E-state index contributed by atoms with van der Waals surface area (Å²) in [7, 11) is 0. The third kappa shape index (κ3) is 3.19. The van der Waals surface area contributed by atoms with Crippen LogP contribution in [0.5, 0.6) is 0 Å². The molecule has 0 atom stereocenters. The first kappa shape index (κ1) is 13.5. The molecule has 0 saturated heterocycles. The molecular formula is C11H9BrINO2. The number of esters is 1. The number of benzene rings is 1. The van der Waals surface area contributed by atoms with Crippen LogP contribution in [0.1, 0.15) is 18.1 Å². The van der Waals surface area contributed by atoms with E-state index in [-0.39, 0.29) is 12.4 Å². The Hall–Kier alpha value is -0.610. The van der Waals surface area contributed by atoms with Gasteiger partial charge in [-0.05, 0) is 57.1 Å². The highest BCUT2D eigenvalue weighted by Gasteiger charge is 2.13. The summed E-state index contributed by atoms with van der Waals surface area (Å²) in [6, 6.07) is 5.73.